The number of aromatic nitrogens is 3. The van der Waals surface area contributed by atoms with E-state index in [9.17, 15) is 0 Å². The Morgan fingerprint density at radius 1 is 1.22 bits per heavy atom. The smallest absolute Gasteiger partial charge is 0.179 e. The first-order valence-corrected chi connectivity index (χ1v) is 6.15. The zero-order chi connectivity index (χ0) is 13.3. The first-order chi connectivity index (χ1) is 8.49. The molecule has 0 aliphatic heterocycles. The average Bonchev–Trinajstić information content (AvgIpc) is 2.28. The minimum absolute atomic E-state index is 0.104. The summed E-state index contributed by atoms with van der Waals surface area (Å²) in [6, 6.07) is 1.51. The van der Waals surface area contributed by atoms with Crippen LogP contribution in [0.15, 0.2) is 18.5 Å². The lowest BCUT2D eigenvalue weighted by molar-refractivity contribution is 0.790. The fraction of sp³-hybridized carbons (Fsp3) is 0.250. The quantitative estimate of drug-likeness (QED) is 0.919. The normalized spacial score (nSPS) is 12.5. The molecule has 0 spiro atoms. The highest BCUT2D eigenvalue weighted by Crippen LogP contribution is 2.26. The summed E-state index contributed by atoms with van der Waals surface area (Å²) in [5.41, 5.74) is 8.06. The Morgan fingerprint density at radius 2 is 1.94 bits per heavy atom. The van der Waals surface area contributed by atoms with Crippen LogP contribution in [0, 0.1) is 6.92 Å². The van der Waals surface area contributed by atoms with Gasteiger partial charge < -0.3 is 5.73 Å². The lowest BCUT2D eigenvalue weighted by atomic mass is 10.1. The molecule has 2 N–H and O–H groups in total. The summed E-state index contributed by atoms with van der Waals surface area (Å²) in [6.45, 7) is 3.77. The molecular weight excluding hydrogens is 271 g/mol. The van der Waals surface area contributed by atoms with E-state index in [0.717, 1.165) is 11.3 Å². The SMILES string of the molecule is Cc1nc(-c2ncc(Cl)cc2Cl)ncc1[C@H](C)N. The summed E-state index contributed by atoms with van der Waals surface area (Å²) in [7, 11) is 0. The van der Waals surface area contributed by atoms with Crippen LogP contribution in [0.4, 0.5) is 0 Å². The summed E-state index contributed by atoms with van der Waals surface area (Å²) in [5, 5.41) is 0.906. The van der Waals surface area contributed by atoms with E-state index in [1.807, 2.05) is 13.8 Å². The lowest BCUT2D eigenvalue weighted by Gasteiger charge is -2.10. The van der Waals surface area contributed by atoms with Crippen LogP contribution in [-0.4, -0.2) is 15.0 Å². The van der Waals surface area contributed by atoms with Gasteiger partial charge in [0.1, 0.15) is 5.69 Å². The van der Waals surface area contributed by atoms with Gasteiger partial charge in [-0.15, -0.1) is 0 Å². The van der Waals surface area contributed by atoms with Gasteiger partial charge in [0.25, 0.3) is 0 Å². The monoisotopic (exact) mass is 282 g/mol. The highest BCUT2D eigenvalue weighted by molar-refractivity contribution is 6.35. The molecule has 2 aromatic heterocycles. The van der Waals surface area contributed by atoms with Crippen molar-refractivity contribution in [3.05, 3.63) is 39.8 Å². The second kappa shape index (κ2) is 5.18. The van der Waals surface area contributed by atoms with Crippen LogP contribution >= 0.6 is 23.2 Å². The van der Waals surface area contributed by atoms with Gasteiger partial charge in [0, 0.05) is 29.7 Å². The molecule has 18 heavy (non-hydrogen) atoms. The Bertz CT molecular complexity index is 584. The topological polar surface area (TPSA) is 64.7 Å². The molecule has 0 bridgehead atoms. The van der Waals surface area contributed by atoms with E-state index in [-0.39, 0.29) is 6.04 Å². The maximum absolute atomic E-state index is 6.07. The summed E-state index contributed by atoms with van der Waals surface area (Å²) in [5.74, 6) is 0.471. The summed E-state index contributed by atoms with van der Waals surface area (Å²) >= 11 is 11.9. The third-order valence-corrected chi connectivity index (χ3v) is 3.02. The van der Waals surface area contributed by atoms with Gasteiger partial charge in [-0.1, -0.05) is 23.2 Å². The first-order valence-electron chi connectivity index (χ1n) is 5.39. The lowest BCUT2D eigenvalue weighted by Crippen LogP contribution is -2.09. The summed E-state index contributed by atoms with van der Waals surface area (Å²) in [6.07, 6.45) is 3.22. The van der Waals surface area contributed by atoms with E-state index >= 15 is 0 Å². The van der Waals surface area contributed by atoms with Gasteiger partial charge in [-0.3, -0.25) is 0 Å². The largest absolute Gasteiger partial charge is 0.324 e. The number of hydrogen-bond acceptors (Lipinski definition) is 4. The van der Waals surface area contributed by atoms with Crippen LogP contribution < -0.4 is 5.73 Å². The molecule has 0 aliphatic rings. The van der Waals surface area contributed by atoms with E-state index < -0.39 is 0 Å². The van der Waals surface area contributed by atoms with Gasteiger partial charge in [-0.25, -0.2) is 15.0 Å². The standard InChI is InChI=1S/C12H12Cl2N4/c1-6(15)9-5-17-12(18-7(9)2)11-10(14)3-8(13)4-16-11/h3-6H,15H2,1-2H3/t6-/m0/s1. The van der Waals surface area contributed by atoms with E-state index in [4.69, 9.17) is 28.9 Å². The predicted molar refractivity (Wildman–Crippen MR) is 72.6 cm³/mol. The van der Waals surface area contributed by atoms with Crippen molar-refractivity contribution in [2.24, 2.45) is 5.73 Å². The van der Waals surface area contributed by atoms with Gasteiger partial charge in [0.15, 0.2) is 5.82 Å². The number of rotatable bonds is 2. The Morgan fingerprint density at radius 3 is 2.50 bits per heavy atom. The van der Waals surface area contributed by atoms with Crippen LogP contribution in [0.5, 0.6) is 0 Å². The number of halogens is 2. The molecule has 4 nitrogen and oxygen atoms in total. The zero-order valence-corrected chi connectivity index (χ0v) is 11.5. The third kappa shape index (κ3) is 2.61. The molecular formula is C12H12Cl2N4. The van der Waals surface area contributed by atoms with E-state index in [0.29, 0.717) is 21.6 Å². The Kier molecular flexibility index (Phi) is 3.80. The molecule has 0 amide bonds. The number of hydrogen-bond donors (Lipinski definition) is 1. The van der Waals surface area contributed by atoms with Crippen LogP contribution in [-0.2, 0) is 0 Å². The molecule has 0 unspecified atom stereocenters. The minimum Gasteiger partial charge on any atom is -0.324 e. The van der Waals surface area contributed by atoms with Crippen LogP contribution in [0.3, 0.4) is 0 Å². The van der Waals surface area contributed by atoms with Crippen molar-refractivity contribution in [3.8, 4) is 11.5 Å². The third-order valence-electron chi connectivity index (χ3n) is 2.53. The highest BCUT2D eigenvalue weighted by Gasteiger charge is 2.12. The van der Waals surface area contributed by atoms with Crippen molar-refractivity contribution in [1.82, 2.24) is 15.0 Å². The number of nitrogens with two attached hydrogens (primary N) is 1. The number of aryl methyl sites for hydroxylation is 1. The summed E-state index contributed by atoms with van der Waals surface area (Å²) in [4.78, 5) is 12.8. The molecule has 0 saturated carbocycles. The van der Waals surface area contributed by atoms with Gasteiger partial charge in [0.05, 0.1) is 10.0 Å². The van der Waals surface area contributed by atoms with Gasteiger partial charge in [-0.05, 0) is 19.9 Å². The molecule has 1 atom stereocenters. The van der Waals surface area contributed by atoms with E-state index in [1.165, 1.54) is 6.20 Å². The molecule has 94 valence electrons. The number of nitrogens with zero attached hydrogens (tertiary/aromatic N) is 3. The average molecular weight is 283 g/mol. The van der Waals surface area contributed by atoms with Crippen LogP contribution in [0.2, 0.25) is 10.0 Å². The van der Waals surface area contributed by atoms with Crippen molar-refractivity contribution in [2.75, 3.05) is 0 Å². The maximum Gasteiger partial charge on any atom is 0.179 e. The Hall–Kier alpha value is -1.23. The molecule has 0 fully saturated rings. The molecule has 2 rings (SSSR count). The van der Waals surface area contributed by atoms with Crippen LogP contribution in [0.25, 0.3) is 11.5 Å². The van der Waals surface area contributed by atoms with Crippen molar-refractivity contribution < 1.29 is 0 Å². The molecule has 0 aliphatic carbocycles. The minimum atomic E-state index is -0.104. The highest BCUT2D eigenvalue weighted by atomic mass is 35.5. The van der Waals surface area contributed by atoms with Gasteiger partial charge in [0.2, 0.25) is 0 Å². The molecule has 6 heteroatoms. The predicted octanol–water partition coefficient (Wildman–Crippen LogP) is 3.17. The van der Waals surface area contributed by atoms with Crippen molar-refractivity contribution in [2.45, 2.75) is 19.9 Å². The fourth-order valence-corrected chi connectivity index (χ4v) is 2.08. The van der Waals surface area contributed by atoms with Crippen molar-refractivity contribution in [1.29, 1.82) is 0 Å². The van der Waals surface area contributed by atoms with Gasteiger partial charge in [-0.2, -0.15) is 0 Å². The molecule has 0 saturated heterocycles. The Labute approximate surface area is 115 Å². The van der Waals surface area contributed by atoms with Gasteiger partial charge >= 0.3 is 0 Å². The van der Waals surface area contributed by atoms with Crippen molar-refractivity contribution >= 4 is 23.2 Å². The zero-order valence-electron chi connectivity index (χ0n) is 9.98. The van der Waals surface area contributed by atoms with Crippen molar-refractivity contribution in [3.63, 3.8) is 0 Å². The van der Waals surface area contributed by atoms with Crippen LogP contribution in [0.1, 0.15) is 24.2 Å². The fourth-order valence-electron chi connectivity index (χ4n) is 1.62. The second-order valence-corrected chi connectivity index (χ2v) is 4.85. The maximum atomic E-state index is 6.07. The van der Waals surface area contributed by atoms with E-state index in [1.54, 1.807) is 12.3 Å². The molecule has 2 aromatic rings. The molecule has 2 heterocycles. The van der Waals surface area contributed by atoms with E-state index in [2.05, 4.69) is 15.0 Å². The summed E-state index contributed by atoms with van der Waals surface area (Å²) < 4.78 is 0. The Balaban J connectivity index is 2.49. The second-order valence-electron chi connectivity index (χ2n) is 4.01. The molecule has 0 radical (unpaired) electrons. The molecule has 0 aromatic carbocycles. The first kappa shape index (κ1) is 13.2. The number of pyridine rings is 1.